The average Bonchev–Trinajstić information content (AvgIpc) is 3.11. The Morgan fingerprint density at radius 1 is 1.15 bits per heavy atom. The molecule has 1 aromatic carbocycles. The molecule has 26 heavy (non-hydrogen) atoms. The van der Waals surface area contributed by atoms with Crippen molar-refractivity contribution in [2.45, 2.75) is 12.8 Å². The van der Waals surface area contributed by atoms with E-state index in [0.717, 1.165) is 5.56 Å². The fourth-order valence-electron chi connectivity index (χ4n) is 3.11. The second-order valence-electron chi connectivity index (χ2n) is 6.43. The summed E-state index contributed by atoms with van der Waals surface area (Å²) in [6.07, 6.45) is 4.88. The van der Waals surface area contributed by atoms with Crippen molar-refractivity contribution in [1.82, 2.24) is 19.6 Å². The van der Waals surface area contributed by atoms with E-state index >= 15 is 0 Å². The van der Waals surface area contributed by atoms with E-state index in [1.165, 1.54) is 0 Å². The highest BCUT2D eigenvalue weighted by Crippen LogP contribution is 2.16. The number of rotatable bonds is 5. The average molecular weight is 356 g/mol. The van der Waals surface area contributed by atoms with Crippen molar-refractivity contribution in [2.75, 3.05) is 33.3 Å². The van der Waals surface area contributed by atoms with Crippen molar-refractivity contribution in [2.24, 2.45) is 7.05 Å². The van der Waals surface area contributed by atoms with Crippen LogP contribution in [0.4, 0.5) is 0 Å². The third-order valence-electron chi connectivity index (χ3n) is 4.62. The minimum atomic E-state index is -0.0219. The van der Waals surface area contributed by atoms with Gasteiger partial charge in [-0.25, -0.2) is 0 Å². The molecule has 0 spiro atoms. The molecule has 2 amide bonds. The SMILES string of the molecule is COc1cccc(C(=O)N2CCN(C(=O)CCc3cnn(C)c3)CC2)c1. The lowest BCUT2D eigenvalue weighted by molar-refractivity contribution is -0.132. The predicted molar refractivity (Wildman–Crippen MR) is 97.0 cm³/mol. The molecule has 1 saturated heterocycles. The number of benzene rings is 1. The summed E-state index contributed by atoms with van der Waals surface area (Å²) >= 11 is 0. The minimum absolute atomic E-state index is 0.0219. The number of aryl methyl sites for hydroxylation is 2. The molecule has 0 atom stereocenters. The number of nitrogens with zero attached hydrogens (tertiary/aromatic N) is 4. The molecule has 0 radical (unpaired) electrons. The molecule has 1 aromatic heterocycles. The number of carbonyl (C=O) groups is 2. The summed E-state index contributed by atoms with van der Waals surface area (Å²) < 4.78 is 6.92. The Morgan fingerprint density at radius 3 is 2.54 bits per heavy atom. The summed E-state index contributed by atoms with van der Waals surface area (Å²) in [4.78, 5) is 28.6. The van der Waals surface area contributed by atoms with Crippen LogP contribution in [0.5, 0.6) is 5.75 Å². The van der Waals surface area contributed by atoms with Gasteiger partial charge in [-0.3, -0.25) is 14.3 Å². The molecule has 138 valence electrons. The van der Waals surface area contributed by atoms with Crippen molar-refractivity contribution in [3.05, 3.63) is 47.8 Å². The Hall–Kier alpha value is -2.83. The second kappa shape index (κ2) is 8.03. The first-order chi connectivity index (χ1) is 12.6. The molecule has 0 unspecified atom stereocenters. The normalized spacial score (nSPS) is 14.4. The monoisotopic (exact) mass is 356 g/mol. The molecule has 1 aliphatic rings. The standard InChI is InChI=1S/C19H24N4O3/c1-21-14-15(13-20-21)6-7-18(24)22-8-10-23(11-9-22)19(25)16-4-3-5-17(12-16)26-2/h3-5,12-14H,6-11H2,1-2H3. The third kappa shape index (κ3) is 4.22. The van der Waals surface area contributed by atoms with Crippen molar-refractivity contribution in [3.8, 4) is 5.75 Å². The van der Waals surface area contributed by atoms with Crippen LogP contribution >= 0.6 is 0 Å². The highest BCUT2D eigenvalue weighted by atomic mass is 16.5. The van der Waals surface area contributed by atoms with Crippen LogP contribution in [0.15, 0.2) is 36.7 Å². The second-order valence-corrected chi connectivity index (χ2v) is 6.43. The van der Waals surface area contributed by atoms with E-state index in [0.29, 0.717) is 50.3 Å². The van der Waals surface area contributed by atoms with Crippen LogP contribution in [0.1, 0.15) is 22.3 Å². The first-order valence-electron chi connectivity index (χ1n) is 8.75. The highest BCUT2D eigenvalue weighted by Gasteiger charge is 2.24. The Labute approximate surface area is 153 Å². The van der Waals surface area contributed by atoms with E-state index in [4.69, 9.17) is 4.74 Å². The van der Waals surface area contributed by atoms with Gasteiger partial charge in [0.2, 0.25) is 5.91 Å². The van der Waals surface area contributed by atoms with Crippen LogP contribution < -0.4 is 4.74 Å². The van der Waals surface area contributed by atoms with E-state index in [9.17, 15) is 9.59 Å². The highest BCUT2D eigenvalue weighted by molar-refractivity contribution is 5.94. The largest absolute Gasteiger partial charge is 0.497 e. The number of piperazine rings is 1. The number of ether oxygens (including phenoxy) is 1. The van der Waals surface area contributed by atoms with Crippen LogP contribution in [-0.2, 0) is 18.3 Å². The van der Waals surface area contributed by atoms with E-state index in [2.05, 4.69) is 5.10 Å². The van der Waals surface area contributed by atoms with Gasteiger partial charge in [-0.2, -0.15) is 5.10 Å². The number of hydrogen-bond donors (Lipinski definition) is 0. The topological polar surface area (TPSA) is 67.7 Å². The molecule has 1 fully saturated rings. The van der Waals surface area contributed by atoms with Crippen LogP contribution in [0, 0.1) is 0 Å². The maximum absolute atomic E-state index is 12.6. The van der Waals surface area contributed by atoms with Crippen molar-refractivity contribution in [1.29, 1.82) is 0 Å². The van der Waals surface area contributed by atoms with Gasteiger partial charge in [0, 0.05) is 51.4 Å². The van der Waals surface area contributed by atoms with Gasteiger partial charge in [-0.15, -0.1) is 0 Å². The smallest absolute Gasteiger partial charge is 0.254 e. The summed E-state index contributed by atoms with van der Waals surface area (Å²) in [7, 11) is 3.45. The number of amides is 2. The zero-order valence-corrected chi connectivity index (χ0v) is 15.2. The number of carbonyl (C=O) groups excluding carboxylic acids is 2. The minimum Gasteiger partial charge on any atom is -0.497 e. The Morgan fingerprint density at radius 2 is 1.88 bits per heavy atom. The Balaban J connectivity index is 1.50. The van der Waals surface area contributed by atoms with E-state index < -0.39 is 0 Å². The summed E-state index contributed by atoms with van der Waals surface area (Å²) in [5.74, 6) is 0.772. The molecule has 3 rings (SSSR count). The van der Waals surface area contributed by atoms with Crippen molar-refractivity contribution in [3.63, 3.8) is 0 Å². The fraction of sp³-hybridized carbons (Fsp3) is 0.421. The summed E-state index contributed by atoms with van der Waals surface area (Å²) in [5.41, 5.74) is 1.67. The van der Waals surface area contributed by atoms with Crippen LogP contribution in [0.25, 0.3) is 0 Å². The first-order valence-corrected chi connectivity index (χ1v) is 8.75. The molecule has 2 aromatic rings. The van der Waals surface area contributed by atoms with Gasteiger partial charge in [0.1, 0.15) is 5.75 Å². The molecule has 1 aliphatic heterocycles. The van der Waals surface area contributed by atoms with Crippen LogP contribution in [0.3, 0.4) is 0 Å². The van der Waals surface area contributed by atoms with Gasteiger partial charge in [0.05, 0.1) is 13.3 Å². The molecule has 7 heteroatoms. The van der Waals surface area contributed by atoms with Crippen LogP contribution in [0.2, 0.25) is 0 Å². The number of aromatic nitrogens is 2. The zero-order valence-electron chi connectivity index (χ0n) is 15.2. The summed E-state index contributed by atoms with van der Waals surface area (Å²) in [6.45, 7) is 2.24. The molecule has 0 bridgehead atoms. The van der Waals surface area contributed by atoms with Crippen molar-refractivity contribution >= 4 is 11.8 Å². The summed E-state index contributed by atoms with van der Waals surface area (Å²) in [5, 5.41) is 4.12. The maximum atomic E-state index is 12.6. The fourth-order valence-corrected chi connectivity index (χ4v) is 3.11. The lowest BCUT2D eigenvalue weighted by atomic mass is 10.1. The Kier molecular flexibility index (Phi) is 5.55. The van der Waals surface area contributed by atoms with Gasteiger partial charge in [0.25, 0.3) is 5.91 Å². The van der Waals surface area contributed by atoms with Gasteiger partial charge >= 0.3 is 0 Å². The van der Waals surface area contributed by atoms with Gasteiger partial charge in [-0.05, 0) is 30.2 Å². The maximum Gasteiger partial charge on any atom is 0.254 e. The Bertz CT molecular complexity index is 779. The van der Waals surface area contributed by atoms with Gasteiger partial charge in [0.15, 0.2) is 0 Å². The predicted octanol–water partition coefficient (Wildman–Crippen LogP) is 1.35. The van der Waals surface area contributed by atoms with E-state index in [1.807, 2.05) is 30.3 Å². The lowest BCUT2D eigenvalue weighted by Gasteiger charge is -2.35. The molecular weight excluding hydrogens is 332 g/mol. The first kappa shape index (κ1) is 18.0. The summed E-state index contributed by atoms with van der Waals surface area (Å²) in [6, 6.07) is 7.16. The molecular formula is C19H24N4O3. The van der Waals surface area contributed by atoms with Crippen molar-refractivity contribution < 1.29 is 14.3 Å². The molecule has 0 N–H and O–H groups in total. The van der Waals surface area contributed by atoms with Gasteiger partial charge in [-0.1, -0.05) is 6.07 Å². The zero-order chi connectivity index (χ0) is 18.5. The van der Waals surface area contributed by atoms with Gasteiger partial charge < -0.3 is 14.5 Å². The number of hydrogen-bond acceptors (Lipinski definition) is 4. The van der Waals surface area contributed by atoms with E-state index in [-0.39, 0.29) is 11.8 Å². The molecule has 7 nitrogen and oxygen atoms in total. The molecule has 0 saturated carbocycles. The van der Waals surface area contributed by atoms with Crippen LogP contribution in [-0.4, -0.2) is 64.7 Å². The third-order valence-corrected chi connectivity index (χ3v) is 4.62. The number of methoxy groups -OCH3 is 1. The molecule has 2 heterocycles. The molecule has 0 aliphatic carbocycles. The lowest BCUT2D eigenvalue weighted by Crippen LogP contribution is -2.50. The quantitative estimate of drug-likeness (QED) is 0.811. The van der Waals surface area contributed by atoms with E-state index in [1.54, 1.807) is 35.0 Å².